The van der Waals surface area contributed by atoms with E-state index < -0.39 is 0 Å². The minimum atomic E-state index is 0.320. The summed E-state index contributed by atoms with van der Waals surface area (Å²) in [5, 5.41) is 13.6. The van der Waals surface area contributed by atoms with Crippen molar-refractivity contribution in [2.75, 3.05) is 0 Å². The summed E-state index contributed by atoms with van der Waals surface area (Å²) in [6.07, 6.45) is 2.36. The van der Waals surface area contributed by atoms with E-state index in [4.69, 9.17) is 11.6 Å². The van der Waals surface area contributed by atoms with Gasteiger partial charge in [0, 0.05) is 17.6 Å². The molecule has 2 N–H and O–H groups in total. The number of rotatable bonds is 4. The van der Waals surface area contributed by atoms with Crippen molar-refractivity contribution in [3.05, 3.63) is 64.7 Å². The second-order valence-corrected chi connectivity index (χ2v) is 5.90. The van der Waals surface area contributed by atoms with Crippen LogP contribution in [0.1, 0.15) is 29.9 Å². The fourth-order valence-electron chi connectivity index (χ4n) is 2.67. The summed E-state index contributed by atoms with van der Waals surface area (Å²) in [4.78, 5) is 0. The summed E-state index contributed by atoms with van der Waals surface area (Å²) in [5.41, 5.74) is 2.59. The van der Waals surface area contributed by atoms with Crippen LogP contribution in [-0.4, -0.2) is 11.1 Å². The summed E-state index contributed by atoms with van der Waals surface area (Å²) >= 11 is 5.90. The molecule has 0 aliphatic heterocycles. The molecule has 1 fully saturated rings. The average molecular weight is 288 g/mol. The van der Waals surface area contributed by atoms with Gasteiger partial charge in [-0.25, -0.2) is 0 Å². The number of aromatic hydroxyl groups is 1. The molecule has 1 aliphatic carbocycles. The number of hydrogen-bond acceptors (Lipinski definition) is 2. The molecule has 0 atom stereocenters. The summed E-state index contributed by atoms with van der Waals surface area (Å²) in [6.45, 7) is 0.859. The third kappa shape index (κ3) is 3.14. The van der Waals surface area contributed by atoms with Crippen molar-refractivity contribution in [3.8, 4) is 5.75 Å². The molecule has 0 spiro atoms. The summed E-state index contributed by atoms with van der Waals surface area (Å²) in [7, 11) is 0. The lowest BCUT2D eigenvalue weighted by Crippen LogP contribution is -2.39. The molecule has 2 nitrogen and oxygen atoms in total. The SMILES string of the molecule is Oc1ccc(CNC2CC(c3ccc(Cl)cc3)C2)cc1. The van der Waals surface area contributed by atoms with Crippen molar-refractivity contribution >= 4 is 11.6 Å². The van der Waals surface area contributed by atoms with Crippen molar-refractivity contribution in [1.82, 2.24) is 5.32 Å². The fraction of sp³-hybridized carbons (Fsp3) is 0.294. The van der Waals surface area contributed by atoms with E-state index in [9.17, 15) is 5.11 Å². The van der Waals surface area contributed by atoms with E-state index in [0.717, 1.165) is 11.6 Å². The third-order valence-electron chi connectivity index (χ3n) is 4.01. The summed E-state index contributed by atoms with van der Waals surface area (Å²) in [6, 6.07) is 16.1. The first-order chi connectivity index (χ1) is 9.70. The molecule has 0 saturated heterocycles. The minimum absolute atomic E-state index is 0.320. The van der Waals surface area contributed by atoms with Crippen LogP contribution < -0.4 is 5.32 Å². The fourth-order valence-corrected chi connectivity index (χ4v) is 2.79. The molecule has 0 bridgehead atoms. The Morgan fingerprint density at radius 1 is 1.00 bits per heavy atom. The zero-order chi connectivity index (χ0) is 13.9. The predicted molar refractivity (Wildman–Crippen MR) is 82.2 cm³/mol. The van der Waals surface area contributed by atoms with Crippen molar-refractivity contribution in [2.24, 2.45) is 0 Å². The normalized spacial score (nSPS) is 21.4. The van der Waals surface area contributed by atoms with Crippen molar-refractivity contribution in [2.45, 2.75) is 31.3 Å². The minimum Gasteiger partial charge on any atom is -0.508 e. The molecule has 0 radical (unpaired) electrons. The Labute approximate surface area is 124 Å². The first-order valence-electron chi connectivity index (χ1n) is 6.97. The van der Waals surface area contributed by atoms with E-state index in [1.54, 1.807) is 12.1 Å². The monoisotopic (exact) mass is 287 g/mol. The average Bonchev–Trinajstić information content (AvgIpc) is 2.41. The van der Waals surface area contributed by atoms with Gasteiger partial charge < -0.3 is 10.4 Å². The molecule has 1 aliphatic rings. The number of phenolic OH excluding ortho intramolecular Hbond substituents is 1. The second-order valence-electron chi connectivity index (χ2n) is 5.46. The van der Waals surface area contributed by atoms with Gasteiger partial charge >= 0.3 is 0 Å². The molecule has 0 aromatic heterocycles. The van der Waals surface area contributed by atoms with E-state index >= 15 is 0 Å². The van der Waals surface area contributed by atoms with E-state index in [0.29, 0.717) is 17.7 Å². The van der Waals surface area contributed by atoms with Gasteiger partial charge in [0.2, 0.25) is 0 Å². The van der Waals surface area contributed by atoms with Crippen LogP contribution in [-0.2, 0) is 6.54 Å². The zero-order valence-electron chi connectivity index (χ0n) is 11.2. The second kappa shape index (κ2) is 5.86. The molecule has 0 unspecified atom stereocenters. The van der Waals surface area contributed by atoms with E-state index in [1.807, 2.05) is 24.3 Å². The largest absolute Gasteiger partial charge is 0.508 e. The molecular formula is C17H18ClNO. The molecular weight excluding hydrogens is 270 g/mol. The highest BCUT2D eigenvalue weighted by Crippen LogP contribution is 2.37. The van der Waals surface area contributed by atoms with Gasteiger partial charge in [0.05, 0.1) is 0 Å². The standard InChI is InChI=1S/C17H18ClNO/c18-15-5-3-13(4-6-15)14-9-16(10-14)19-11-12-1-7-17(20)8-2-12/h1-8,14,16,19-20H,9-11H2. The highest BCUT2D eigenvalue weighted by Gasteiger charge is 2.29. The van der Waals surface area contributed by atoms with Crippen LogP contribution in [0.25, 0.3) is 0 Å². The number of phenols is 1. The van der Waals surface area contributed by atoms with Gasteiger partial charge in [0.25, 0.3) is 0 Å². The van der Waals surface area contributed by atoms with Crippen LogP contribution in [0.2, 0.25) is 5.02 Å². The maximum absolute atomic E-state index is 9.24. The van der Waals surface area contributed by atoms with Crippen LogP contribution >= 0.6 is 11.6 Å². The Hall–Kier alpha value is -1.51. The Morgan fingerprint density at radius 3 is 2.30 bits per heavy atom. The van der Waals surface area contributed by atoms with Crippen molar-refractivity contribution in [1.29, 1.82) is 0 Å². The van der Waals surface area contributed by atoms with E-state index in [2.05, 4.69) is 17.4 Å². The van der Waals surface area contributed by atoms with Gasteiger partial charge in [0.1, 0.15) is 5.75 Å². The maximum atomic E-state index is 9.24. The molecule has 2 aromatic rings. The predicted octanol–water partition coefficient (Wildman–Crippen LogP) is 4.08. The van der Waals surface area contributed by atoms with Crippen LogP contribution in [0.5, 0.6) is 5.75 Å². The molecule has 0 amide bonds. The van der Waals surface area contributed by atoms with Crippen molar-refractivity contribution in [3.63, 3.8) is 0 Å². The highest BCUT2D eigenvalue weighted by molar-refractivity contribution is 6.30. The first-order valence-corrected chi connectivity index (χ1v) is 7.35. The molecule has 3 rings (SSSR count). The van der Waals surface area contributed by atoms with E-state index in [1.165, 1.54) is 24.0 Å². The molecule has 3 heteroatoms. The van der Waals surface area contributed by atoms with Gasteiger partial charge in [-0.2, -0.15) is 0 Å². The lowest BCUT2D eigenvalue weighted by molar-refractivity contribution is 0.289. The molecule has 20 heavy (non-hydrogen) atoms. The Balaban J connectivity index is 1.46. The van der Waals surface area contributed by atoms with Gasteiger partial charge in [-0.1, -0.05) is 35.9 Å². The third-order valence-corrected chi connectivity index (χ3v) is 4.26. The number of halogens is 1. The smallest absolute Gasteiger partial charge is 0.115 e. The van der Waals surface area contributed by atoms with Gasteiger partial charge in [-0.05, 0) is 54.2 Å². The molecule has 2 aromatic carbocycles. The summed E-state index contributed by atoms with van der Waals surface area (Å²) < 4.78 is 0. The topological polar surface area (TPSA) is 32.3 Å². The Morgan fingerprint density at radius 2 is 1.65 bits per heavy atom. The van der Waals surface area contributed by atoms with Crippen molar-refractivity contribution < 1.29 is 5.11 Å². The Kier molecular flexibility index (Phi) is 3.95. The van der Waals surface area contributed by atoms with Gasteiger partial charge in [0.15, 0.2) is 0 Å². The van der Waals surface area contributed by atoms with Gasteiger partial charge in [-0.3, -0.25) is 0 Å². The maximum Gasteiger partial charge on any atom is 0.115 e. The molecule has 1 saturated carbocycles. The lowest BCUT2D eigenvalue weighted by atomic mass is 9.76. The van der Waals surface area contributed by atoms with E-state index in [-0.39, 0.29) is 0 Å². The number of benzene rings is 2. The summed E-state index contributed by atoms with van der Waals surface area (Å²) in [5.74, 6) is 0.977. The quantitative estimate of drug-likeness (QED) is 0.888. The van der Waals surface area contributed by atoms with Crippen LogP contribution in [0.3, 0.4) is 0 Å². The molecule has 104 valence electrons. The first kappa shape index (κ1) is 13.5. The zero-order valence-corrected chi connectivity index (χ0v) is 12.0. The lowest BCUT2D eigenvalue weighted by Gasteiger charge is -2.36. The van der Waals surface area contributed by atoms with Crippen LogP contribution in [0, 0.1) is 0 Å². The molecule has 0 heterocycles. The number of nitrogens with one attached hydrogen (secondary N) is 1. The van der Waals surface area contributed by atoms with Gasteiger partial charge in [-0.15, -0.1) is 0 Å². The highest BCUT2D eigenvalue weighted by atomic mass is 35.5. The number of hydrogen-bond donors (Lipinski definition) is 2. The Bertz CT molecular complexity index is 556. The van der Waals surface area contributed by atoms with Crippen LogP contribution in [0.15, 0.2) is 48.5 Å². The van der Waals surface area contributed by atoms with Crippen LogP contribution in [0.4, 0.5) is 0 Å².